The highest BCUT2D eigenvalue weighted by atomic mass is 16.5. The van der Waals surface area contributed by atoms with Gasteiger partial charge < -0.3 is 24.5 Å². The number of aryl methyl sites for hydroxylation is 1. The first kappa shape index (κ1) is 27.6. The lowest BCUT2D eigenvalue weighted by molar-refractivity contribution is -0.140. The Morgan fingerprint density at radius 2 is 1.79 bits per heavy atom. The Kier molecular flexibility index (Phi) is 8.38. The van der Waals surface area contributed by atoms with Gasteiger partial charge in [0.05, 0.1) is 31.4 Å². The van der Waals surface area contributed by atoms with E-state index in [1.165, 1.54) is 0 Å². The molecule has 1 aromatic carbocycles. The number of nitrogens with one attached hydrogen (secondary N) is 1. The van der Waals surface area contributed by atoms with E-state index in [9.17, 15) is 19.5 Å². The van der Waals surface area contributed by atoms with Crippen LogP contribution < -0.4 is 0 Å². The quantitative estimate of drug-likeness (QED) is 0.235. The van der Waals surface area contributed by atoms with Crippen LogP contribution in [0.2, 0.25) is 0 Å². The van der Waals surface area contributed by atoms with Crippen molar-refractivity contribution in [2.75, 3.05) is 46.0 Å². The molecule has 9 heteroatoms. The number of rotatable bonds is 8. The number of nitrogens with zero attached hydrogens (tertiary/aromatic N) is 2. The Morgan fingerprint density at radius 1 is 1.13 bits per heavy atom. The van der Waals surface area contributed by atoms with Crippen molar-refractivity contribution in [2.45, 2.75) is 46.6 Å². The molecule has 1 amide bonds. The van der Waals surface area contributed by atoms with E-state index in [0.717, 1.165) is 24.2 Å². The summed E-state index contributed by atoms with van der Waals surface area (Å²) < 4.78 is 10.6. The number of hydrogen-bond donors (Lipinski definition) is 2. The number of aliphatic hydroxyl groups is 1. The topological polar surface area (TPSA) is 112 Å². The highest BCUT2D eigenvalue weighted by Crippen LogP contribution is 2.41. The van der Waals surface area contributed by atoms with Crippen molar-refractivity contribution in [2.24, 2.45) is 0 Å². The summed E-state index contributed by atoms with van der Waals surface area (Å²) in [6, 6.07) is 7.07. The summed E-state index contributed by atoms with van der Waals surface area (Å²) in [6.45, 7) is 13.2. The fraction of sp³-hybridized carbons (Fsp3) is 0.483. The third kappa shape index (κ3) is 5.26. The minimum atomic E-state index is -0.753. The number of ether oxygens (including phenoxy) is 2. The monoisotopic (exact) mass is 523 g/mol. The molecule has 1 aromatic heterocycles. The van der Waals surface area contributed by atoms with Crippen LogP contribution in [0.15, 0.2) is 29.8 Å². The second kappa shape index (κ2) is 11.5. The number of H-pyrrole nitrogens is 1. The number of carbonyl (C=O) groups is 3. The van der Waals surface area contributed by atoms with Crippen LogP contribution in [-0.2, 0) is 19.1 Å². The molecule has 2 saturated heterocycles. The molecular weight excluding hydrogens is 486 g/mol. The summed E-state index contributed by atoms with van der Waals surface area (Å²) in [5, 5.41) is 11.6. The first-order chi connectivity index (χ1) is 18.1. The summed E-state index contributed by atoms with van der Waals surface area (Å²) in [5.74, 6) is -1.90. The molecule has 2 N–H and O–H groups in total. The Bertz CT molecular complexity index is 1240. The molecule has 1 unspecified atom stereocenters. The maximum Gasteiger partial charge on any atom is 0.355 e. The van der Waals surface area contributed by atoms with Gasteiger partial charge >= 0.3 is 5.97 Å². The van der Waals surface area contributed by atoms with E-state index in [2.05, 4.69) is 23.7 Å². The number of aliphatic hydroxyl groups excluding tert-OH is 1. The minimum Gasteiger partial charge on any atom is -0.507 e. The fourth-order valence-electron chi connectivity index (χ4n) is 5.24. The molecule has 0 radical (unpaired) electrons. The molecule has 9 nitrogen and oxygen atoms in total. The number of morpholine rings is 1. The van der Waals surface area contributed by atoms with E-state index in [-0.39, 0.29) is 23.6 Å². The summed E-state index contributed by atoms with van der Waals surface area (Å²) in [4.78, 5) is 46.0. The number of likely N-dealkylation sites (tertiary alicyclic amines) is 1. The highest BCUT2D eigenvalue weighted by molar-refractivity contribution is 6.46. The molecule has 3 heterocycles. The molecule has 2 aliphatic rings. The van der Waals surface area contributed by atoms with Gasteiger partial charge in [0.25, 0.3) is 11.7 Å². The van der Waals surface area contributed by atoms with Crippen LogP contribution in [0.4, 0.5) is 0 Å². The van der Waals surface area contributed by atoms with E-state index in [1.54, 1.807) is 25.7 Å². The van der Waals surface area contributed by atoms with Gasteiger partial charge in [0.1, 0.15) is 11.5 Å². The van der Waals surface area contributed by atoms with Crippen LogP contribution >= 0.6 is 0 Å². The maximum atomic E-state index is 13.5. The molecule has 0 spiro atoms. The van der Waals surface area contributed by atoms with Crippen LogP contribution in [0.25, 0.3) is 5.76 Å². The third-order valence-corrected chi connectivity index (χ3v) is 7.37. The molecule has 38 heavy (non-hydrogen) atoms. The number of Topliss-reactive ketones (excluding diaryl/α,β-unsaturated/α-hetero) is 1. The maximum absolute atomic E-state index is 13.5. The van der Waals surface area contributed by atoms with Gasteiger partial charge in [0, 0.05) is 37.4 Å². The van der Waals surface area contributed by atoms with Gasteiger partial charge in [-0.05, 0) is 43.4 Å². The number of ketones is 1. The number of esters is 1. The lowest BCUT2D eigenvalue weighted by Crippen LogP contribution is -2.42. The van der Waals surface area contributed by atoms with Gasteiger partial charge in [-0.2, -0.15) is 0 Å². The zero-order valence-electron chi connectivity index (χ0n) is 22.8. The van der Waals surface area contributed by atoms with Gasteiger partial charge in [0.15, 0.2) is 0 Å². The first-order valence-corrected chi connectivity index (χ1v) is 13.2. The minimum absolute atomic E-state index is 0.0230. The number of hydrogen-bond acceptors (Lipinski definition) is 7. The summed E-state index contributed by atoms with van der Waals surface area (Å²) in [6.07, 6.45) is 0. The molecule has 2 aliphatic heterocycles. The van der Waals surface area contributed by atoms with E-state index in [0.29, 0.717) is 49.0 Å². The van der Waals surface area contributed by atoms with Crippen LogP contribution in [0.5, 0.6) is 0 Å². The summed E-state index contributed by atoms with van der Waals surface area (Å²) in [7, 11) is 0. The molecule has 4 rings (SSSR count). The molecule has 204 valence electrons. The smallest absolute Gasteiger partial charge is 0.355 e. The molecule has 2 fully saturated rings. The van der Waals surface area contributed by atoms with Crippen molar-refractivity contribution in [1.29, 1.82) is 0 Å². The standard InChI is InChI=1S/C29H37N3O6/c1-6-38-29(36)24-18(4)22(19(5)30-24)26(33)23-25(21-9-7-20(8-10-21)17(2)3)32(28(35)27(23)34)12-11-31-13-15-37-16-14-31/h7-10,17,25,30,33H,6,11-16H2,1-5H3. The second-order valence-electron chi connectivity index (χ2n) is 10.1. The average molecular weight is 524 g/mol. The molecule has 2 aromatic rings. The normalized spacial score (nSPS) is 19.9. The molecular formula is C29H37N3O6. The number of amides is 1. The zero-order valence-corrected chi connectivity index (χ0v) is 22.8. The van der Waals surface area contributed by atoms with Crippen molar-refractivity contribution >= 4 is 23.4 Å². The SMILES string of the molecule is CCOC(=O)c1[nH]c(C)c(C(O)=C2C(=O)C(=O)N(CCN3CCOCC3)C2c2ccc(C(C)C)cc2)c1C. The Labute approximate surface area is 223 Å². The molecule has 0 bridgehead atoms. The van der Waals surface area contributed by atoms with Crippen LogP contribution in [0, 0.1) is 13.8 Å². The average Bonchev–Trinajstić information content (AvgIpc) is 3.34. The first-order valence-electron chi connectivity index (χ1n) is 13.2. The predicted molar refractivity (Wildman–Crippen MR) is 143 cm³/mol. The van der Waals surface area contributed by atoms with E-state index in [1.807, 2.05) is 24.3 Å². The zero-order chi connectivity index (χ0) is 27.6. The van der Waals surface area contributed by atoms with E-state index < -0.39 is 23.7 Å². The van der Waals surface area contributed by atoms with Crippen LogP contribution in [0.3, 0.4) is 0 Å². The van der Waals surface area contributed by atoms with E-state index in [4.69, 9.17) is 9.47 Å². The van der Waals surface area contributed by atoms with Gasteiger partial charge in [-0.3, -0.25) is 14.5 Å². The molecule has 0 saturated carbocycles. The largest absolute Gasteiger partial charge is 0.507 e. The molecule has 0 aliphatic carbocycles. The van der Waals surface area contributed by atoms with Crippen molar-refractivity contribution in [3.8, 4) is 0 Å². The van der Waals surface area contributed by atoms with Crippen LogP contribution in [0.1, 0.15) is 71.2 Å². The van der Waals surface area contributed by atoms with Gasteiger partial charge in [-0.25, -0.2) is 4.79 Å². The highest BCUT2D eigenvalue weighted by Gasteiger charge is 2.46. The van der Waals surface area contributed by atoms with E-state index >= 15 is 0 Å². The van der Waals surface area contributed by atoms with Crippen LogP contribution in [-0.4, -0.2) is 83.5 Å². The number of benzene rings is 1. The van der Waals surface area contributed by atoms with Gasteiger partial charge in [-0.1, -0.05) is 38.1 Å². The number of aromatic amines is 1. The van der Waals surface area contributed by atoms with Crippen molar-refractivity contribution in [1.82, 2.24) is 14.8 Å². The number of carbonyl (C=O) groups excluding carboxylic acids is 3. The Hall–Kier alpha value is -3.43. The van der Waals surface area contributed by atoms with Gasteiger partial charge in [-0.15, -0.1) is 0 Å². The fourth-order valence-corrected chi connectivity index (χ4v) is 5.24. The predicted octanol–water partition coefficient (Wildman–Crippen LogP) is 3.69. The number of aromatic nitrogens is 1. The third-order valence-electron chi connectivity index (χ3n) is 7.37. The Morgan fingerprint density at radius 3 is 2.39 bits per heavy atom. The Balaban J connectivity index is 1.79. The van der Waals surface area contributed by atoms with Crippen molar-refractivity contribution < 1.29 is 29.0 Å². The lowest BCUT2D eigenvalue weighted by atomic mass is 9.92. The van der Waals surface area contributed by atoms with Crippen molar-refractivity contribution in [3.63, 3.8) is 0 Å². The van der Waals surface area contributed by atoms with Gasteiger partial charge in [0.2, 0.25) is 0 Å². The van der Waals surface area contributed by atoms with Crippen molar-refractivity contribution in [3.05, 3.63) is 63.5 Å². The lowest BCUT2D eigenvalue weighted by Gasteiger charge is -2.31. The molecule has 1 atom stereocenters. The second-order valence-corrected chi connectivity index (χ2v) is 10.1. The summed E-state index contributed by atoms with van der Waals surface area (Å²) in [5.41, 5.74) is 3.43. The summed E-state index contributed by atoms with van der Waals surface area (Å²) >= 11 is 0.